The molecule has 0 amide bonds. The van der Waals surface area contributed by atoms with Crippen molar-refractivity contribution < 1.29 is 0 Å². The molecule has 0 N–H and O–H groups in total. The van der Waals surface area contributed by atoms with Gasteiger partial charge in [0.05, 0.1) is 3.79 Å². The maximum Gasteiger partial charge on any atom is 0.134 e. The fourth-order valence-electron chi connectivity index (χ4n) is 1.50. The first-order valence-corrected chi connectivity index (χ1v) is 7.05. The van der Waals surface area contributed by atoms with Gasteiger partial charge in [-0.2, -0.15) is 0 Å². The normalized spacial score (nSPS) is 10.6. The van der Waals surface area contributed by atoms with Crippen LogP contribution >= 0.6 is 38.9 Å². The highest BCUT2D eigenvalue weighted by Gasteiger charge is 2.07. The number of thiophene rings is 1. The number of aryl methyl sites for hydroxylation is 1. The summed E-state index contributed by atoms with van der Waals surface area (Å²) in [4.78, 5) is 10.5. The highest BCUT2D eigenvalue weighted by Crippen LogP contribution is 2.23. The molecule has 0 spiro atoms. The minimum Gasteiger partial charge on any atom is -0.355 e. The third-order valence-corrected chi connectivity index (χ3v) is 3.97. The van der Waals surface area contributed by atoms with E-state index in [-0.39, 0.29) is 0 Å². The Hall–Kier alpha value is -0.650. The summed E-state index contributed by atoms with van der Waals surface area (Å²) in [6.45, 7) is 2.64. The molecule has 0 bridgehead atoms. The van der Waals surface area contributed by atoms with Crippen LogP contribution in [0.3, 0.4) is 0 Å². The van der Waals surface area contributed by atoms with Crippen LogP contribution in [0.2, 0.25) is 5.15 Å². The smallest absolute Gasteiger partial charge is 0.134 e. The second-order valence-corrected chi connectivity index (χ2v) is 6.39. The Bertz CT molecular complexity index is 509. The summed E-state index contributed by atoms with van der Waals surface area (Å²) in [5.74, 6) is 1.52. The summed E-state index contributed by atoms with van der Waals surface area (Å²) >= 11 is 11.1. The van der Waals surface area contributed by atoms with Crippen LogP contribution < -0.4 is 4.90 Å². The molecule has 0 saturated carbocycles. The van der Waals surface area contributed by atoms with E-state index >= 15 is 0 Å². The zero-order valence-corrected chi connectivity index (χ0v) is 12.6. The molecule has 2 aromatic rings. The van der Waals surface area contributed by atoms with E-state index in [0.717, 1.165) is 16.1 Å². The molecule has 0 aliphatic heterocycles. The van der Waals surface area contributed by atoms with Crippen LogP contribution in [0, 0.1) is 6.92 Å². The van der Waals surface area contributed by atoms with E-state index in [2.05, 4.69) is 42.2 Å². The lowest BCUT2D eigenvalue weighted by Crippen LogP contribution is -2.17. The summed E-state index contributed by atoms with van der Waals surface area (Å²) in [7, 11) is 1.99. The summed E-state index contributed by atoms with van der Waals surface area (Å²) in [5.41, 5.74) is 1.25. The molecule has 3 nitrogen and oxygen atoms in total. The van der Waals surface area contributed by atoms with Crippen molar-refractivity contribution in [2.24, 2.45) is 0 Å². The molecular weight excluding hydrogens is 322 g/mol. The molecule has 0 atom stereocenters. The lowest BCUT2D eigenvalue weighted by atomic mass is 10.3. The van der Waals surface area contributed by atoms with Crippen molar-refractivity contribution in [1.29, 1.82) is 0 Å². The molecule has 6 heteroatoms. The Labute approximate surface area is 118 Å². The van der Waals surface area contributed by atoms with Gasteiger partial charge in [-0.05, 0) is 39.9 Å². The van der Waals surface area contributed by atoms with Crippen LogP contribution in [0.15, 0.2) is 21.3 Å². The Balaban J connectivity index is 2.16. The molecule has 17 heavy (non-hydrogen) atoms. The van der Waals surface area contributed by atoms with E-state index in [1.54, 1.807) is 17.4 Å². The van der Waals surface area contributed by atoms with Crippen LogP contribution in [-0.2, 0) is 6.54 Å². The largest absolute Gasteiger partial charge is 0.355 e. The minimum absolute atomic E-state index is 0.478. The van der Waals surface area contributed by atoms with Crippen molar-refractivity contribution in [2.45, 2.75) is 13.5 Å². The lowest BCUT2D eigenvalue weighted by molar-refractivity contribution is 0.882. The maximum absolute atomic E-state index is 5.92. The molecule has 2 aromatic heterocycles. The Morgan fingerprint density at radius 2 is 2.18 bits per heavy atom. The van der Waals surface area contributed by atoms with Crippen molar-refractivity contribution in [2.75, 3.05) is 11.9 Å². The monoisotopic (exact) mass is 331 g/mol. The molecule has 0 unspecified atom stereocenters. The third kappa shape index (κ3) is 3.40. The average molecular weight is 333 g/mol. The molecule has 2 heterocycles. The minimum atomic E-state index is 0.478. The standard InChI is InChI=1S/C11H11BrClN3S/c1-7-14-10(13)4-11(15-7)16(2)5-8-3-9(12)17-6-8/h3-4,6H,5H2,1-2H3. The molecule has 0 aliphatic carbocycles. The molecule has 0 radical (unpaired) electrons. The zero-order chi connectivity index (χ0) is 12.4. The van der Waals surface area contributed by atoms with Gasteiger partial charge in [0.25, 0.3) is 0 Å². The number of aromatic nitrogens is 2. The first-order valence-electron chi connectivity index (χ1n) is 5.00. The van der Waals surface area contributed by atoms with E-state index in [1.165, 1.54) is 5.56 Å². The molecule has 0 aromatic carbocycles. The number of halogens is 2. The number of nitrogens with zero attached hydrogens (tertiary/aromatic N) is 3. The van der Waals surface area contributed by atoms with Crippen molar-refractivity contribution in [3.63, 3.8) is 0 Å². The molecule has 0 fully saturated rings. The predicted octanol–water partition coefficient (Wildman–Crippen LogP) is 3.90. The highest BCUT2D eigenvalue weighted by molar-refractivity contribution is 9.11. The van der Waals surface area contributed by atoms with Crippen LogP contribution in [-0.4, -0.2) is 17.0 Å². The van der Waals surface area contributed by atoms with Gasteiger partial charge in [0.1, 0.15) is 16.8 Å². The maximum atomic E-state index is 5.92. The van der Waals surface area contributed by atoms with Crippen molar-refractivity contribution >= 4 is 44.7 Å². The predicted molar refractivity (Wildman–Crippen MR) is 75.9 cm³/mol. The van der Waals surface area contributed by atoms with Gasteiger partial charge in [0.2, 0.25) is 0 Å². The van der Waals surface area contributed by atoms with E-state index in [4.69, 9.17) is 11.6 Å². The van der Waals surface area contributed by atoms with Crippen LogP contribution in [0.5, 0.6) is 0 Å². The van der Waals surface area contributed by atoms with Crippen LogP contribution in [0.1, 0.15) is 11.4 Å². The van der Waals surface area contributed by atoms with E-state index < -0.39 is 0 Å². The van der Waals surface area contributed by atoms with Gasteiger partial charge >= 0.3 is 0 Å². The second kappa shape index (κ2) is 5.33. The highest BCUT2D eigenvalue weighted by atomic mass is 79.9. The third-order valence-electron chi connectivity index (χ3n) is 2.23. The number of hydrogen-bond acceptors (Lipinski definition) is 4. The van der Waals surface area contributed by atoms with Gasteiger partial charge in [-0.3, -0.25) is 0 Å². The van der Waals surface area contributed by atoms with Gasteiger partial charge in [-0.1, -0.05) is 11.6 Å². The van der Waals surface area contributed by atoms with Crippen molar-refractivity contribution in [3.05, 3.63) is 37.8 Å². The summed E-state index contributed by atoms with van der Waals surface area (Å²) in [6.07, 6.45) is 0. The quantitative estimate of drug-likeness (QED) is 0.798. The van der Waals surface area contributed by atoms with Gasteiger partial charge in [-0.15, -0.1) is 11.3 Å². The molecule has 90 valence electrons. The van der Waals surface area contributed by atoms with E-state index in [1.807, 2.05) is 14.0 Å². The Kier molecular flexibility index (Phi) is 4.01. The molecule has 2 rings (SSSR count). The molecular formula is C11H11BrClN3S. The summed E-state index contributed by atoms with van der Waals surface area (Å²) < 4.78 is 1.14. The van der Waals surface area contributed by atoms with Crippen LogP contribution in [0.25, 0.3) is 0 Å². The SMILES string of the molecule is Cc1nc(Cl)cc(N(C)Cc2csc(Br)c2)n1. The number of hydrogen-bond donors (Lipinski definition) is 0. The van der Waals surface area contributed by atoms with Gasteiger partial charge in [0.15, 0.2) is 0 Å². The molecule has 0 saturated heterocycles. The molecule has 0 aliphatic rings. The zero-order valence-electron chi connectivity index (χ0n) is 9.44. The topological polar surface area (TPSA) is 29.0 Å². The summed E-state index contributed by atoms with van der Waals surface area (Å²) in [5, 5.41) is 2.60. The first kappa shape index (κ1) is 12.8. The number of rotatable bonds is 3. The van der Waals surface area contributed by atoms with E-state index in [9.17, 15) is 0 Å². The van der Waals surface area contributed by atoms with Gasteiger partial charge < -0.3 is 4.90 Å². The lowest BCUT2D eigenvalue weighted by Gasteiger charge is -2.17. The fraction of sp³-hybridized carbons (Fsp3) is 0.273. The van der Waals surface area contributed by atoms with E-state index in [0.29, 0.717) is 11.0 Å². The van der Waals surface area contributed by atoms with Gasteiger partial charge in [0, 0.05) is 19.7 Å². The van der Waals surface area contributed by atoms with Crippen molar-refractivity contribution in [3.8, 4) is 0 Å². The summed E-state index contributed by atoms with van der Waals surface area (Å²) in [6, 6.07) is 3.88. The fourth-order valence-corrected chi connectivity index (χ4v) is 2.92. The average Bonchev–Trinajstić information content (AvgIpc) is 2.62. The van der Waals surface area contributed by atoms with Gasteiger partial charge in [-0.25, -0.2) is 9.97 Å². The number of anilines is 1. The van der Waals surface area contributed by atoms with Crippen LogP contribution in [0.4, 0.5) is 5.82 Å². The Morgan fingerprint density at radius 1 is 1.41 bits per heavy atom. The van der Waals surface area contributed by atoms with Crippen molar-refractivity contribution in [1.82, 2.24) is 9.97 Å². The second-order valence-electron chi connectivity index (χ2n) is 3.71. The Morgan fingerprint density at radius 3 is 2.76 bits per heavy atom. The first-order chi connectivity index (χ1) is 8.04.